The minimum Gasteiger partial charge on any atom is -0.481 e. The van der Waals surface area contributed by atoms with Crippen molar-refractivity contribution in [3.63, 3.8) is 0 Å². The molecule has 1 atom stereocenters. The van der Waals surface area contributed by atoms with Crippen LogP contribution in [-0.2, 0) is 11.3 Å². The van der Waals surface area contributed by atoms with Crippen LogP contribution >= 0.6 is 15.9 Å². The second-order valence-corrected chi connectivity index (χ2v) is 5.60. The first-order valence-electron chi connectivity index (χ1n) is 6.58. The summed E-state index contributed by atoms with van der Waals surface area (Å²) in [5, 5.41) is 2.74. The van der Waals surface area contributed by atoms with Crippen LogP contribution in [0.15, 0.2) is 33.2 Å². The average molecular weight is 353 g/mol. The van der Waals surface area contributed by atoms with Gasteiger partial charge in [-0.1, -0.05) is 15.9 Å². The van der Waals surface area contributed by atoms with Gasteiger partial charge in [0.2, 0.25) is 5.89 Å². The van der Waals surface area contributed by atoms with Gasteiger partial charge < -0.3 is 14.5 Å². The number of hydrogen-bond donors (Lipinski definition) is 1. The number of benzene rings is 1. The first-order chi connectivity index (χ1) is 9.95. The zero-order chi connectivity index (χ0) is 15.4. The third-order valence-corrected chi connectivity index (χ3v) is 3.51. The van der Waals surface area contributed by atoms with Crippen LogP contribution in [0.25, 0.3) is 0 Å². The molecule has 0 aliphatic carbocycles. The number of carbonyl (C=O) groups is 1. The predicted octanol–water partition coefficient (Wildman–Crippen LogP) is 3.14. The van der Waals surface area contributed by atoms with Gasteiger partial charge >= 0.3 is 0 Å². The Morgan fingerprint density at radius 1 is 1.38 bits per heavy atom. The maximum absolute atomic E-state index is 12.0. The smallest absolute Gasteiger partial charge is 0.261 e. The molecule has 0 saturated heterocycles. The van der Waals surface area contributed by atoms with Gasteiger partial charge in [0, 0.05) is 4.47 Å². The maximum atomic E-state index is 12.0. The zero-order valence-electron chi connectivity index (χ0n) is 12.1. The molecule has 1 heterocycles. The second kappa shape index (κ2) is 6.76. The van der Waals surface area contributed by atoms with Crippen molar-refractivity contribution in [2.24, 2.45) is 0 Å². The molecule has 1 N–H and O–H groups in total. The Morgan fingerprint density at radius 2 is 2.05 bits per heavy atom. The van der Waals surface area contributed by atoms with E-state index in [4.69, 9.17) is 9.15 Å². The van der Waals surface area contributed by atoms with E-state index in [1.807, 2.05) is 26.0 Å². The summed E-state index contributed by atoms with van der Waals surface area (Å²) in [6.45, 7) is 5.65. The number of nitrogens with zero attached hydrogens (tertiary/aromatic N) is 1. The molecule has 0 aliphatic rings. The molecule has 0 saturated carbocycles. The number of aryl methyl sites for hydroxylation is 2. The van der Waals surface area contributed by atoms with Crippen LogP contribution in [0.2, 0.25) is 0 Å². The molecule has 1 amide bonds. The molecule has 2 aromatic rings. The number of carbonyl (C=O) groups excluding carboxylic acids is 1. The molecular weight excluding hydrogens is 336 g/mol. The third kappa shape index (κ3) is 4.32. The van der Waals surface area contributed by atoms with Crippen molar-refractivity contribution < 1.29 is 13.9 Å². The van der Waals surface area contributed by atoms with Crippen molar-refractivity contribution in [3.05, 3.63) is 46.1 Å². The number of aromatic nitrogens is 1. The Bertz CT molecular complexity index is 603. The van der Waals surface area contributed by atoms with Crippen molar-refractivity contribution in [1.82, 2.24) is 10.3 Å². The monoisotopic (exact) mass is 352 g/mol. The van der Waals surface area contributed by atoms with Crippen LogP contribution in [0.1, 0.15) is 24.3 Å². The normalized spacial score (nSPS) is 12.0. The molecule has 0 bridgehead atoms. The van der Waals surface area contributed by atoms with Gasteiger partial charge in [-0.3, -0.25) is 4.79 Å². The fourth-order valence-corrected chi connectivity index (χ4v) is 1.96. The Hall–Kier alpha value is -1.82. The molecule has 6 heteroatoms. The van der Waals surface area contributed by atoms with E-state index in [2.05, 4.69) is 26.2 Å². The van der Waals surface area contributed by atoms with Crippen molar-refractivity contribution in [1.29, 1.82) is 0 Å². The summed E-state index contributed by atoms with van der Waals surface area (Å²) in [5.41, 5.74) is 0.832. The van der Waals surface area contributed by atoms with Crippen LogP contribution in [0, 0.1) is 13.8 Å². The fourth-order valence-electron chi connectivity index (χ4n) is 1.69. The van der Waals surface area contributed by atoms with Crippen molar-refractivity contribution in [2.75, 3.05) is 0 Å². The van der Waals surface area contributed by atoms with Gasteiger partial charge in [-0.2, -0.15) is 0 Å². The molecule has 21 heavy (non-hydrogen) atoms. The van der Waals surface area contributed by atoms with Crippen LogP contribution in [0.3, 0.4) is 0 Å². The Morgan fingerprint density at radius 3 is 2.62 bits per heavy atom. The first kappa shape index (κ1) is 15.6. The molecule has 0 spiro atoms. The van der Waals surface area contributed by atoms with Crippen LogP contribution in [-0.4, -0.2) is 17.0 Å². The van der Waals surface area contributed by atoms with E-state index < -0.39 is 6.10 Å². The predicted molar refractivity (Wildman–Crippen MR) is 82.1 cm³/mol. The topological polar surface area (TPSA) is 64.4 Å². The number of halogens is 1. The zero-order valence-corrected chi connectivity index (χ0v) is 13.7. The minimum absolute atomic E-state index is 0.216. The lowest BCUT2D eigenvalue weighted by Gasteiger charge is -2.14. The summed E-state index contributed by atoms with van der Waals surface area (Å²) in [7, 11) is 0. The van der Waals surface area contributed by atoms with Gasteiger partial charge in [0.15, 0.2) is 6.10 Å². The maximum Gasteiger partial charge on any atom is 0.261 e. The Labute approximate surface area is 131 Å². The molecule has 5 nitrogen and oxygen atoms in total. The largest absolute Gasteiger partial charge is 0.481 e. The van der Waals surface area contributed by atoms with Gasteiger partial charge in [0.1, 0.15) is 11.5 Å². The number of hydrogen-bond acceptors (Lipinski definition) is 4. The number of oxazole rings is 1. The molecule has 1 unspecified atom stereocenters. The van der Waals surface area contributed by atoms with E-state index in [9.17, 15) is 4.79 Å². The third-order valence-electron chi connectivity index (χ3n) is 2.98. The van der Waals surface area contributed by atoms with E-state index in [1.165, 1.54) is 0 Å². The number of nitrogens with one attached hydrogen (secondary N) is 1. The van der Waals surface area contributed by atoms with Crippen molar-refractivity contribution in [3.8, 4) is 5.75 Å². The lowest BCUT2D eigenvalue weighted by molar-refractivity contribution is -0.127. The molecule has 112 valence electrons. The SMILES string of the molecule is Cc1nc(CNC(=O)C(C)Oc2ccc(Br)cc2)oc1C. The molecule has 2 rings (SSSR count). The molecule has 0 aliphatic heterocycles. The van der Waals surface area contributed by atoms with Crippen molar-refractivity contribution >= 4 is 21.8 Å². The van der Waals surface area contributed by atoms with Gasteiger partial charge in [-0.15, -0.1) is 0 Å². The quantitative estimate of drug-likeness (QED) is 0.897. The van der Waals surface area contributed by atoms with Gasteiger partial charge in [0.05, 0.1) is 12.2 Å². The highest BCUT2D eigenvalue weighted by molar-refractivity contribution is 9.10. The van der Waals surface area contributed by atoms with E-state index in [-0.39, 0.29) is 12.5 Å². The van der Waals surface area contributed by atoms with Crippen LogP contribution in [0.4, 0.5) is 0 Å². The number of rotatable bonds is 5. The van der Waals surface area contributed by atoms with Crippen molar-refractivity contribution in [2.45, 2.75) is 33.4 Å². The highest BCUT2D eigenvalue weighted by atomic mass is 79.9. The second-order valence-electron chi connectivity index (χ2n) is 4.68. The highest BCUT2D eigenvalue weighted by Gasteiger charge is 2.15. The summed E-state index contributed by atoms with van der Waals surface area (Å²) in [6.07, 6.45) is -0.594. The van der Waals surface area contributed by atoms with E-state index in [1.54, 1.807) is 19.1 Å². The van der Waals surface area contributed by atoms with E-state index in [0.29, 0.717) is 11.6 Å². The molecule has 0 fully saturated rings. The average Bonchev–Trinajstić information content (AvgIpc) is 2.77. The molecular formula is C15H17BrN2O3. The summed E-state index contributed by atoms with van der Waals surface area (Å²) in [6, 6.07) is 7.32. The molecule has 1 aromatic heterocycles. The summed E-state index contributed by atoms with van der Waals surface area (Å²) in [5.74, 6) is 1.68. The Kier molecular flexibility index (Phi) is 5.01. The molecule has 1 aromatic carbocycles. The van der Waals surface area contributed by atoms with E-state index >= 15 is 0 Å². The molecule has 0 radical (unpaired) electrons. The lowest BCUT2D eigenvalue weighted by Crippen LogP contribution is -2.35. The minimum atomic E-state index is -0.594. The number of ether oxygens (including phenoxy) is 1. The first-order valence-corrected chi connectivity index (χ1v) is 7.38. The van der Waals surface area contributed by atoms with Gasteiger partial charge in [-0.25, -0.2) is 4.98 Å². The van der Waals surface area contributed by atoms with E-state index in [0.717, 1.165) is 15.9 Å². The van der Waals surface area contributed by atoms with Gasteiger partial charge in [0.25, 0.3) is 5.91 Å². The van der Waals surface area contributed by atoms with Crippen LogP contribution in [0.5, 0.6) is 5.75 Å². The highest BCUT2D eigenvalue weighted by Crippen LogP contribution is 2.17. The van der Waals surface area contributed by atoms with Gasteiger partial charge in [-0.05, 0) is 45.0 Å². The Balaban J connectivity index is 1.86. The summed E-state index contributed by atoms with van der Waals surface area (Å²) >= 11 is 3.35. The summed E-state index contributed by atoms with van der Waals surface area (Å²) < 4.78 is 11.9. The van der Waals surface area contributed by atoms with Crippen LogP contribution < -0.4 is 10.1 Å². The standard InChI is InChI=1S/C15H17BrN2O3/c1-9-10(2)21-14(18-9)8-17-15(19)11(3)20-13-6-4-12(16)5-7-13/h4-7,11H,8H2,1-3H3,(H,17,19). The summed E-state index contributed by atoms with van der Waals surface area (Å²) in [4.78, 5) is 16.2. The lowest BCUT2D eigenvalue weighted by atomic mass is 10.3. The number of amides is 1. The fraction of sp³-hybridized carbons (Fsp3) is 0.333.